The zero-order valence-electron chi connectivity index (χ0n) is 17.6. The van der Waals surface area contributed by atoms with E-state index < -0.39 is 29.3 Å². The molecule has 0 radical (unpaired) electrons. The number of ether oxygens (including phenoxy) is 4. The molecule has 3 rings (SSSR count). The van der Waals surface area contributed by atoms with E-state index in [1.165, 1.54) is 6.07 Å². The number of nitrogens with zero attached hydrogens (tertiary/aromatic N) is 1. The van der Waals surface area contributed by atoms with Crippen LogP contribution in [-0.4, -0.2) is 56.5 Å². The van der Waals surface area contributed by atoms with Gasteiger partial charge in [-0.3, -0.25) is 4.90 Å². The first kappa shape index (κ1) is 22.7. The quantitative estimate of drug-likeness (QED) is 0.488. The molecule has 0 spiro atoms. The van der Waals surface area contributed by atoms with Crippen LogP contribution in [-0.2, 0) is 19.8 Å². The zero-order valence-corrected chi connectivity index (χ0v) is 17.6. The number of carbonyl (C=O) groups excluding carboxylic acids is 2. The van der Waals surface area contributed by atoms with Crippen LogP contribution in [0.4, 0.5) is 9.18 Å². The van der Waals surface area contributed by atoms with Crippen LogP contribution in [0, 0.1) is 5.82 Å². The summed E-state index contributed by atoms with van der Waals surface area (Å²) in [4.78, 5) is 26.7. The number of rotatable bonds is 7. The molecule has 8 heteroatoms. The largest absolute Gasteiger partial charge is 0.514 e. The van der Waals surface area contributed by atoms with Gasteiger partial charge in [0, 0.05) is 19.6 Å². The van der Waals surface area contributed by atoms with E-state index in [1.54, 1.807) is 26.0 Å². The van der Waals surface area contributed by atoms with Gasteiger partial charge in [-0.05, 0) is 37.6 Å². The molecule has 0 aliphatic carbocycles. The highest BCUT2D eigenvalue weighted by Gasteiger charge is 2.27. The van der Waals surface area contributed by atoms with Crippen LogP contribution in [0.2, 0.25) is 0 Å². The van der Waals surface area contributed by atoms with Crippen LogP contribution in [0.1, 0.15) is 29.8 Å². The maximum Gasteiger partial charge on any atom is 0.514 e. The predicted molar refractivity (Wildman–Crippen MR) is 111 cm³/mol. The van der Waals surface area contributed by atoms with E-state index in [9.17, 15) is 14.0 Å². The summed E-state index contributed by atoms with van der Waals surface area (Å²) in [6, 6.07) is 12.5. The third-order valence-electron chi connectivity index (χ3n) is 4.91. The lowest BCUT2D eigenvalue weighted by Gasteiger charge is -2.26. The van der Waals surface area contributed by atoms with Crippen LogP contribution in [0.15, 0.2) is 48.5 Å². The van der Waals surface area contributed by atoms with Crippen molar-refractivity contribution in [2.75, 3.05) is 39.5 Å². The van der Waals surface area contributed by atoms with E-state index in [-0.39, 0.29) is 12.2 Å². The number of benzene rings is 2. The lowest BCUT2D eigenvalue weighted by Crippen LogP contribution is -2.38. The molecule has 31 heavy (non-hydrogen) atoms. The highest BCUT2D eigenvalue weighted by atomic mass is 19.1. The Balaban J connectivity index is 1.57. The molecule has 1 fully saturated rings. The minimum atomic E-state index is -1.08. The van der Waals surface area contributed by atoms with Gasteiger partial charge in [0.05, 0.1) is 18.8 Å². The molecule has 2 aromatic carbocycles. The molecule has 166 valence electrons. The molecular weight excluding hydrogens is 405 g/mol. The average molecular weight is 431 g/mol. The van der Waals surface area contributed by atoms with E-state index in [0.29, 0.717) is 19.8 Å². The third-order valence-corrected chi connectivity index (χ3v) is 4.91. The average Bonchev–Trinajstić information content (AvgIpc) is 2.76. The van der Waals surface area contributed by atoms with Gasteiger partial charge in [-0.15, -0.1) is 0 Å². The molecule has 1 heterocycles. The fourth-order valence-electron chi connectivity index (χ4n) is 3.10. The Bertz CT molecular complexity index is 896. The molecular formula is C23H26FNO6. The third kappa shape index (κ3) is 6.50. The molecule has 0 N–H and O–H groups in total. The Hall–Kier alpha value is -2.97. The summed E-state index contributed by atoms with van der Waals surface area (Å²) in [5.41, 5.74) is -0.149. The predicted octanol–water partition coefficient (Wildman–Crippen LogP) is 3.77. The van der Waals surface area contributed by atoms with Crippen molar-refractivity contribution in [3.05, 3.63) is 65.5 Å². The number of morpholine rings is 1. The van der Waals surface area contributed by atoms with Gasteiger partial charge < -0.3 is 18.9 Å². The highest BCUT2D eigenvalue weighted by Crippen LogP contribution is 2.26. The van der Waals surface area contributed by atoms with Gasteiger partial charge in [-0.2, -0.15) is 0 Å². The van der Waals surface area contributed by atoms with E-state index in [1.807, 2.05) is 18.2 Å². The molecule has 0 bridgehead atoms. The molecule has 0 aromatic heterocycles. The van der Waals surface area contributed by atoms with E-state index >= 15 is 0 Å². The fraction of sp³-hybridized carbons (Fsp3) is 0.391. The van der Waals surface area contributed by atoms with Gasteiger partial charge in [-0.25, -0.2) is 14.0 Å². The number of hydrogen-bond donors (Lipinski definition) is 0. The summed E-state index contributed by atoms with van der Waals surface area (Å²) in [5, 5.41) is 0. The van der Waals surface area contributed by atoms with Gasteiger partial charge in [-0.1, -0.05) is 30.3 Å². The Morgan fingerprint density at radius 2 is 1.81 bits per heavy atom. The van der Waals surface area contributed by atoms with E-state index in [2.05, 4.69) is 4.90 Å². The minimum Gasteiger partial charge on any atom is -0.461 e. The summed E-state index contributed by atoms with van der Waals surface area (Å²) < 4.78 is 35.0. The number of carbonyl (C=O) groups is 2. The Morgan fingerprint density at radius 3 is 2.52 bits per heavy atom. The maximum atomic E-state index is 14.1. The lowest BCUT2D eigenvalue weighted by atomic mass is 9.98. The number of esters is 1. The number of hydrogen-bond acceptors (Lipinski definition) is 7. The molecule has 7 nitrogen and oxygen atoms in total. The SMILES string of the molecule is CC(C)(OC(=O)Oc1cc(C(=O)OCCN2CCOCC2)ccc1F)c1ccccc1. The van der Waals surface area contributed by atoms with Crippen LogP contribution < -0.4 is 4.74 Å². The number of halogens is 1. The molecule has 0 atom stereocenters. The zero-order chi connectivity index (χ0) is 22.3. The summed E-state index contributed by atoms with van der Waals surface area (Å²) in [6.45, 7) is 7.05. The van der Waals surface area contributed by atoms with Gasteiger partial charge in [0.15, 0.2) is 11.6 Å². The fourth-order valence-corrected chi connectivity index (χ4v) is 3.10. The second-order valence-corrected chi connectivity index (χ2v) is 7.57. The topological polar surface area (TPSA) is 74.3 Å². The smallest absolute Gasteiger partial charge is 0.461 e. The summed E-state index contributed by atoms with van der Waals surface area (Å²) in [5.74, 6) is -1.83. The summed E-state index contributed by atoms with van der Waals surface area (Å²) >= 11 is 0. The van der Waals surface area contributed by atoms with Crippen molar-refractivity contribution >= 4 is 12.1 Å². The standard InChI is InChI=1S/C23H26FNO6/c1-23(2,18-6-4-3-5-7-18)31-22(27)30-20-16-17(8-9-19(20)24)21(26)29-15-12-25-10-13-28-14-11-25/h3-9,16H,10-15H2,1-2H3. The second-order valence-electron chi connectivity index (χ2n) is 7.57. The first-order chi connectivity index (χ1) is 14.8. The van der Waals surface area contributed by atoms with Crippen molar-refractivity contribution in [1.82, 2.24) is 4.90 Å². The lowest BCUT2D eigenvalue weighted by molar-refractivity contribution is 0.00545. The van der Waals surface area contributed by atoms with Crippen molar-refractivity contribution in [1.29, 1.82) is 0 Å². The Labute approximate surface area is 180 Å². The molecule has 2 aromatic rings. The van der Waals surface area contributed by atoms with Gasteiger partial charge in [0.25, 0.3) is 0 Å². The highest BCUT2D eigenvalue weighted by molar-refractivity contribution is 5.90. The van der Waals surface area contributed by atoms with Gasteiger partial charge in [0.2, 0.25) is 0 Å². The molecule has 1 saturated heterocycles. The van der Waals surface area contributed by atoms with Crippen molar-refractivity contribution in [2.45, 2.75) is 19.4 Å². The first-order valence-electron chi connectivity index (χ1n) is 10.1. The molecule has 0 unspecified atom stereocenters. The molecule has 1 aliphatic rings. The van der Waals surface area contributed by atoms with Crippen molar-refractivity contribution < 1.29 is 32.9 Å². The molecule has 0 saturated carbocycles. The second kappa shape index (κ2) is 10.4. The van der Waals surface area contributed by atoms with Crippen molar-refractivity contribution in [3.63, 3.8) is 0 Å². The Morgan fingerprint density at radius 1 is 1.10 bits per heavy atom. The van der Waals surface area contributed by atoms with E-state index in [0.717, 1.165) is 30.8 Å². The molecule has 0 amide bonds. The van der Waals surface area contributed by atoms with E-state index in [4.69, 9.17) is 18.9 Å². The monoisotopic (exact) mass is 431 g/mol. The Kier molecular flexibility index (Phi) is 7.59. The van der Waals surface area contributed by atoms with Crippen LogP contribution in [0.5, 0.6) is 5.75 Å². The van der Waals surface area contributed by atoms with Crippen LogP contribution >= 0.6 is 0 Å². The van der Waals surface area contributed by atoms with Crippen LogP contribution in [0.25, 0.3) is 0 Å². The first-order valence-corrected chi connectivity index (χ1v) is 10.1. The molecule has 1 aliphatic heterocycles. The maximum absolute atomic E-state index is 14.1. The summed E-state index contributed by atoms with van der Waals surface area (Å²) in [7, 11) is 0. The van der Waals surface area contributed by atoms with Crippen molar-refractivity contribution in [3.8, 4) is 5.75 Å². The van der Waals surface area contributed by atoms with Crippen molar-refractivity contribution in [2.24, 2.45) is 0 Å². The van der Waals surface area contributed by atoms with Gasteiger partial charge >= 0.3 is 12.1 Å². The van der Waals surface area contributed by atoms with Gasteiger partial charge in [0.1, 0.15) is 12.2 Å². The summed E-state index contributed by atoms with van der Waals surface area (Å²) in [6.07, 6.45) is -1.08. The normalized spacial score (nSPS) is 14.7. The van der Waals surface area contributed by atoms with Crippen LogP contribution in [0.3, 0.4) is 0 Å². The minimum absolute atomic E-state index is 0.0773.